The van der Waals surface area contributed by atoms with E-state index in [9.17, 15) is 9.59 Å². The smallest absolute Gasteiger partial charge is 0.251 e. The number of benzene rings is 2. The van der Waals surface area contributed by atoms with Gasteiger partial charge in [0.2, 0.25) is 5.91 Å². The topological polar surface area (TPSA) is 76.7 Å². The van der Waals surface area contributed by atoms with Gasteiger partial charge in [0.05, 0.1) is 24.9 Å². The van der Waals surface area contributed by atoms with Crippen LogP contribution < -0.4 is 20.1 Å². The van der Waals surface area contributed by atoms with Crippen LogP contribution in [0.5, 0.6) is 11.5 Å². The van der Waals surface area contributed by atoms with Crippen LogP contribution in [-0.2, 0) is 10.2 Å². The molecule has 2 rings (SSSR count). The van der Waals surface area contributed by atoms with Crippen molar-refractivity contribution < 1.29 is 19.1 Å². The second kappa shape index (κ2) is 9.65. The number of ether oxygens (including phenoxy) is 2. The number of anilines is 1. The number of carbonyl (C=O) groups is 2. The maximum Gasteiger partial charge on any atom is 0.251 e. The van der Waals surface area contributed by atoms with Crippen molar-refractivity contribution in [1.82, 2.24) is 5.32 Å². The van der Waals surface area contributed by atoms with Crippen LogP contribution >= 0.6 is 11.6 Å². The molecule has 0 atom stereocenters. The summed E-state index contributed by atoms with van der Waals surface area (Å²) in [6.45, 7) is 6.55. The Morgan fingerprint density at radius 1 is 1.00 bits per heavy atom. The van der Waals surface area contributed by atoms with Crippen molar-refractivity contribution in [2.75, 3.05) is 26.1 Å². The highest BCUT2D eigenvalue weighted by molar-refractivity contribution is 6.34. The standard InChI is InChI=1S/C22H27ClN2O4/c1-22(2,3)15-8-6-14(7-9-15)21(27)24-11-10-20(26)25-17-13-19(29-5)18(28-4)12-16(17)23/h6-9,12-13H,10-11H2,1-5H3,(H,24,27)(H,25,26). The molecular formula is C22H27ClN2O4. The van der Waals surface area contributed by atoms with Gasteiger partial charge in [0.25, 0.3) is 5.91 Å². The van der Waals surface area contributed by atoms with Crippen LogP contribution in [0.15, 0.2) is 36.4 Å². The lowest BCUT2D eigenvalue weighted by atomic mass is 9.87. The molecule has 156 valence electrons. The van der Waals surface area contributed by atoms with E-state index in [-0.39, 0.29) is 30.2 Å². The predicted molar refractivity (Wildman–Crippen MR) is 115 cm³/mol. The van der Waals surface area contributed by atoms with Crippen LogP contribution in [0.4, 0.5) is 5.69 Å². The van der Waals surface area contributed by atoms with Crippen molar-refractivity contribution in [3.05, 3.63) is 52.5 Å². The molecule has 2 aromatic rings. The molecular weight excluding hydrogens is 392 g/mol. The van der Waals surface area contributed by atoms with Crippen LogP contribution in [0.2, 0.25) is 5.02 Å². The van der Waals surface area contributed by atoms with E-state index in [1.165, 1.54) is 14.2 Å². The summed E-state index contributed by atoms with van der Waals surface area (Å²) in [6, 6.07) is 10.6. The molecule has 0 aliphatic rings. The molecule has 0 radical (unpaired) electrons. The summed E-state index contributed by atoms with van der Waals surface area (Å²) in [6.07, 6.45) is 0.108. The minimum absolute atomic E-state index is 0.0263. The van der Waals surface area contributed by atoms with Gasteiger partial charge in [0.1, 0.15) is 0 Å². The lowest BCUT2D eigenvalue weighted by Crippen LogP contribution is -2.27. The van der Waals surface area contributed by atoms with Gasteiger partial charge < -0.3 is 20.1 Å². The fraction of sp³-hybridized carbons (Fsp3) is 0.364. The first-order valence-electron chi connectivity index (χ1n) is 9.26. The summed E-state index contributed by atoms with van der Waals surface area (Å²) in [7, 11) is 3.01. The molecule has 2 amide bonds. The molecule has 0 bridgehead atoms. The number of nitrogens with one attached hydrogen (secondary N) is 2. The highest BCUT2D eigenvalue weighted by Crippen LogP contribution is 2.36. The molecule has 6 nitrogen and oxygen atoms in total. The first kappa shape index (κ1) is 22.6. The zero-order valence-electron chi connectivity index (χ0n) is 17.4. The van der Waals surface area contributed by atoms with E-state index in [1.54, 1.807) is 24.3 Å². The van der Waals surface area contributed by atoms with Crippen molar-refractivity contribution in [3.63, 3.8) is 0 Å². The van der Waals surface area contributed by atoms with E-state index in [2.05, 4.69) is 31.4 Å². The van der Waals surface area contributed by atoms with E-state index >= 15 is 0 Å². The van der Waals surface area contributed by atoms with E-state index in [1.807, 2.05) is 12.1 Å². The number of methoxy groups -OCH3 is 2. The summed E-state index contributed by atoms with van der Waals surface area (Å²) >= 11 is 6.17. The SMILES string of the molecule is COc1cc(Cl)c(NC(=O)CCNC(=O)c2ccc(C(C)(C)C)cc2)cc1OC. The second-order valence-corrected chi connectivity index (χ2v) is 7.98. The van der Waals surface area contributed by atoms with Gasteiger partial charge in [0.15, 0.2) is 11.5 Å². The number of rotatable bonds is 7. The Hall–Kier alpha value is -2.73. The van der Waals surface area contributed by atoms with E-state index < -0.39 is 0 Å². The van der Waals surface area contributed by atoms with Crippen LogP contribution in [0.1, 0.15) is 43.1 Å². The van der Waals surface area contributed by atoms with Crippen LogP contribution in [0.25, 0.3) is 0 Å². The Morgan fingerprint density at radius 3 is 2.14 bits per heavy atom. The fourth-order valence-corrected chi connectivity index (χ4v) is 2.88. The predicted octanol–water partition coefficient (Wildman–Crippen LogP) is 4.41. The summed E-state index contributed by atoms with van der Waals surface area (Å²) in [4.78, 5) is 24.5. The zero-order chi connectivity index (χ0) is 21.6. The summed E-state index contributed by atoms with van der Waals surface area (Å²) in [5.41, 5.74) is 2.15. The molecule has 0 aliphatic carbocycles. The van der Waals surface area contributed by atoms with Gasteiger partial charge in [-0.2, -0.15) is 0 Å². The highest BCUT2D eigenvalue weighted by Gasteiger charge is 2.15. The Balaban J connectivity index is 1.89. The average Bonchev–Trinajstić information content (AvgIpc) is 2.68. The molecule has 29 heavy (non-hydrogen) atoms. The van der Waals surface area contributed by atoms with E-state index in [0.717, 1.165) is 5.56 Å². The van der Waals surface area contributed by atoms with Gasteiger partial charge in [0, 0.05) is 30.7 Å². The molecule has 0 fully saturated rings. The summed E-state index contributed by atoms with van der Waals surface area (Å²) in [5, 5.41) is 5.80. The number of carbonyl (C=O) groups excluding carboxylic acids is 2. The molecule has 7 heteroatoms. The van der Waals surface area contributed by atoms with Crippen molar-refractivity contribution >= 4 is 29.1 Å². The Morgan fingerprint density at radius 2 is 1.59 bits per heavy atom. The van der Waals surface area contributed by atoms with E-state index in [4.69, 9.17) is 21.1 Å². The van der Waals surface area contributed by atoms with Crippen molar-refractivity contribution in [2.45, 2.75) is 32.6 Å². The van der Waals surface area contributed by atoms with Gasteiger partial charge in [-0.25, -0.2) is 0 Å². The molecule has 0 aliphatic heterocycles. The van der Waals surface area contributed by atoms with Gasteiger partial charge in [-0.05, 0) is 23.1 Å². The monoisotopic (exact) mass is 418 g/mol. The van der Waals surface area contributed by atoms with Gasteiger partial charge in [-0.3, -0.25) is 9.59 Å². The number of halogens is 1. The first-order chi connectivity index (χ1) is 13.7. The van der Waals surface area contributed by atoms with Crippen LogP contribution in [0.3, 0.4) is 0 Å². The molecule has 0 saturated carbocycles. The second-order valence-electron chi connectivity index (χ2n) is 7.57. The minimum Gasteiger partial charge on any atom is -0.493 e. The summed E-state index contributed by atoms with van der Waals surface area (Å²) in [5.74, 6) is 0.435. The number of hydrogen-bond acceptors (Lipinski definition) is 4. The Kier molecular flexibility index (Phi) is 7.51. The number of hydrogen-bond donors (Lipinski definition) is 2. The quantitative estimate of drug-likeness (QED) is 0.698. The van der Waals surface area contributed by atoms with Crippen molar-refractivity contribution in [3.8, 4) is 11.5 Å². The summed E-state index contributed by atoms with van der Waals surface area (Å²) < 4.78 is 10.4. The third-order valence-corrected chi connectivity index (χ3v) is 4.71. The molecule has 0 aromatic heterocycles. The lowest BCUT2D eigenvalue weighted by Gasteiger charge is -2.19. The first-order valence-corrected chi connectivity index (χ1v) is 9.63. The fourth-order valence-electron chi connectivity index (χ4n) is 2.68. The minimum atomic E-state index is -0.275. The lowest BCUT2D eigenvalue weighted by molar-refractivity contribution is -0.116. The molecule has 2 aromatic carbocycles. The van der Waals surface area contributed by atoms with Gasteiger partial charge >= 0.3 is 0 Å². The third kappa shape index (κ3) is 6.12. The van der Waals surface area contributed by atoms with Gasteiger partial charge in [-0.15, -0.1) is 0 Å². The third-order valence-electron chi connectivity index (χ3n) is 4.40. The maximum absolute atomic E-state index is 12.3. The van der Waals surface area contributed by atoms with Crippen LogP contribution in [0, 0.1) is 0 Å². The molecule has 0 spiro atoms. The zero-order valence-corrected chi connectivity index (χ0v) is 18.1. The van der Waals surface area contributed by atoms with E-state index in [0.29, 0.717) is 27.8 Å². The molecule has 2 N–H and O–H groups in total. The largest absolute Gasteiger partial charge is 0.493 e. The van der Waals surface area contributed by atoms with Crippen molar-refractivity contribution in [1.29, 1.82) is 0 Å². The van der Waals surface area contributed by atoms with Crippen LogP contribution in [-0.4, -0.2) is 32.6 Å². The Bertz CT molecular complexity index is 874. The molecule has 0 saturated heterocycles. The highest BCUT2D eigenvalue weighted by atomic mass is 35.5. The van der Waals surface area contributed by atoms with Crippen molar-refractivity contribution in [2.24, 2.45) is 0 Å². The normalized spacial score (nSPS) is 11.0. The van der Waals surface area contributed by atoms with Gasteiger partial charge in [-0.1, -0.05) is 44.5 Å². The molecule has 0 unspecified atom stereocenters. The maximum atomic E-state index is 12.3. The molecule has 0 heterocycles. The average molecular weight is 419 g/mol. The number of amides is 2. The Labute approximate surface area is 176 Å².